The first-order valence-electron chi connectivity index (χ1n) is 4.89. The highest BCUT2D eigenvalue weighted by Gasteiger charge is 2.34. The maximum absolute atomic E-state index is 12.6. The molecule has 17 heavy (non-hydrogen) atoms. The van der Waals surface area contributed by atoms with Crippen LogP contribution in [0.1, 0.15) is 29.5 Å². The van der Waals surface area contributed by atoms with Gasteiger partial charge in [-0.15, -0.1) is 0 Å². The number of alkyl halides is 3. The molecule has 5 heteroatoms. The van der Waals surface area contributed by atoms with E-state index in [2.05, 4.69) is 6.92 Å². The van der Waals surface area contributed by atoms with E-state index in [1.807, 2.05) is 0 Å². The van der Waals surface area contributed by atoms with Crippen LogP contribution in [0.3, 0.4) is 0 Å². The topological polar surface area (TPSA) is 44.0 Å². The van der Waals surface area contributed by atoms with Gasteiger partial charge in [0.1, 0.15) is 0 Å². The summed E-state index contributed by atoms with van der Waals surface area (Å²) in [6.45, 7) is 5.03. The van der Waals surface area contributed by atoms with Gasteiger partial charge in [-0.2, -0.15) is 18.4 Å². The Bertz CT molecular complexity index is 446. The molecular formula is C12H11F3NO. The highest BCUT2D eigenvalue weighted by Crippen LogP contribution is 2.34. The maximum atomic E-state index is 12.6. The fraction of sp³-hybridized carbons (Fsp3) is 0.333. The van der Waals surface area contributed by atoms with Gasteiger partial charge in [0.2, 0.25) is 0 Å². The van der Waals surface area contributed by atoms with Crippen molar-refractivity contribution in [3.63, 3.8) is 0 Å². The van der Waals surface area contributed by atoms with Gasteiger partial charge in [0.15, 0.2) is 0 Å². The first-order chi connectivity index (χ1) is 7.77. The van der Waals surface area contributed by atoms with E-state index in [9.17, 15) is 18.3 Å². The molecule has 2 atom stereocenters. The molecule has 0 saturated carbocycles. The Labute approximate surface area is 97.3 Å². The minimum atomic E-state index is -4.58. The molecule has 0 bridgehead atoms. The van der Waals surface area contributed by atoms with E-state index in [1.165, 1.54) is 19.1 Å². The van der Waals surface area contributed by atoms with Crippen molar-refractivity contribution in [2.75, 3.05) is 0 Å². The maximum Gasteiger partial charge on any atom is 0.417 e. The summed E-state index contributed by atoms with van der Waals surface area (Å²) in [7, 11) is 0. The summed E-state index contributed by atoms with van der Waals surface area (Å²) in [5, 5.41) is 17.9. The molecule has 1 aromatic carbocycles. The van der Waals surface area contributed by atoms with Crippen LogP contribution in [-0.4, -0.2) is 11.2 Å². The molecule has 0 aliphatic heterocycles. The highest BCUT2D eigenvalue weighted by atomic mass is 19.4. The predicted molar refractivity (Wildman–Crippen MR) is 55.9 cm³/mol. The van der Waals surface area contributed by atoms with Crippen LogP contribution in [0.15, 0.2) is 18.2 Å². The minimum Gasteiger partial charge on any atom is -0.393 e. The van der Waals surface area contributed by atoms with Gasteiger partial charge >= 0.3 is 6.18 Å². The molecule has 91 valence electrons. The van der Waals surface area contributed by atoms with E-state index >= 15 is 0 Å². The number of nitriles is 1. The molecule has 0 heterocycles. The zero-order valence-electron chi connectivity index (χ0n) is 9.12. The number of nitrogens with zero attached hydrogens (tertiary/aromatic N) is 1. The van der Waals surface area contributed by atoms with Crippen molar-refractivity contribution < 1.29 is 18.3 Å². The molecule has 0 aliphatic rings. The summed E-state index contributed by atoms with van der Waals surface area (Å²) in [5.74, 6) is -0.663. The Hall–Kier alpha value is -1.54. The van der Waals surface area contributed by atoms with Crippen LogP contribution in [-0.2, 0) is 6.18 Å². The molecule has 0 aromatic heterocycles. The quantitative estimate of drug-likeness (QED) is 0.866. The number of rotatable bonds is 2. The Morgan fingerprint density at radius 3 is 2.41 bits per heavy atom. The fourth-order valence-corrected chi connectivity index (χ4v) is 1.40. The van der Waals surface area contributed by atoms with E-state index in [0.29, 0.717) is 0 Å². The number of aliphatic hydroxyl groups is 1. The van der Waals surface area contributed by atoms with Crippen LogP contribution in [0, 0.1) is 18.3 Å². The SMILES string of the molecule is [CH2]C(c1ccc(C#N)c(C(F)(F)F)c1)C(C)O. The summed E-state index contributed by atoms with van der Waals surface area (Å²) >= 11 is 0. The third-order valence-electron chi connectivity index (χ3n) is 2.48. The molecule has 1 rings (SSSR count). The predicted octanol–water partition coefficient (Wildman–Crippen LogP) is 2.88. The van der Waals surface area contributed by atoms with E-state index in [-0.39, 0.29) is 5.56 Å². The van der Waals surface area contributed by atoms with Crippen molar-refractivity contribution in [3.05, 3.63) is 41.8 Å². The molecule has 1 aromatic rings. The van der Waals surface area contributed by atoms with Crippen LogP contribution < -0.4 is 0 Å². The molecule has 2 nitrogen and oxygen atoms in total. The molecule has 1 radical (unpaired) electrons. The summed E-state index contributed by atoms with van der Waals surface area (Å²) in [6, 6.07) is 4.83. The number of benzene rings is 1. The second-order valence-electron chi connectivity index (χ2n) is 3.76. The second kappa shape index (κ2) is 4.76. The molecule has 0 spiro atoms. The third-order valence-corrected chi connectivity index (χ3v) is 2.48. The van der Waals surface area contributed by atoms with Crippen molar-refractivity contribution in [2.45, 2.75) is 25.1 Å². The number of hydrogen-bond donors (Lipinski definition) is 1. The lowest BCUT2D eigenvalue weighted by Gasteiger charge is -2.17. The average molecular weight is 242 g/mol. The van der Waals surface area contributed by atoms with Gasteiger partial charge in [0.05, 0.1) is 23.3 Å². The van der Waals surface area contributed by atoms with E-state index < -0.39 is 29.3 Å². The number of halogens is 3. The van der Waals surface area contributed by atoms with Gasteiger partial charge in [-0.25, -0.2) is 0 Å². The summed E-state index contributed by atoms with van der Waals surface area (Å²) in [6.07, 6.45) is -5.44. The zero-order chi connectivity index (χ0) is 13.2. The lowest BCUT2D eigenvalue weighted by Crippen LogP contribution is -2.14. The summed E-state index contributed by atoms with van der Waals surface area (Å²) in [5.41, 5.74) is -1.17. The standard InChI is InChI=1S/C12H11F3NO/c1-7(8(2)17)9-3-4-10(6-16)11(5-9)12(13,14)15/h3-5,7-8,17H,1H2,2H3. The largest absolute Gasteiger partial charge is 0.417 e. The lowest BCUT2D eigenvalue weighted by molar-refractivity contribution is -0.137. The molecule has 0 saturated heterocycles. The van der Waals surface area contributed by atoms with Gasteiger partial charge < -0.3 is 5.11 Å². The minimum absolute atomic E-state index is 0.256. The second-order valence-corrected chi connectivity index (χ2v) is 3.76. The third kappa shape index (κ3) is 2.98. The van der Waals surface area contributed by atoms with Gasteiger partial charge in [0, 0.05) is 5.92 Å². The zero-order valence-corrected chi connectivity index (χ0v) is 9.12. The van der Waals surface area contributed by atoms with E-state index in [0.717, 1.165) is 12.1 Å². The lowest BCUT2D eigenvalue weighted by atomic mass is 9.93. The molecule has 0 fully saturated rings. The Balaban J connectivity index is 3.29. The average Bonchev–Trinajstić information content (AvgIpc) is 2.25. The van der Waals surface area contributed by atoms with E-state index in [1.54, 1.807) is 0 Å². The normalized spacial score (nSPS) is 15.1. The van der Waals surface area contributed by atoms with Crippen LogP contribution in [0.4, 0.5) is 13.2 Å². The van der Waals surface area contributed by atoms with Gasteiger partial charge in [-0.3, -0.25) is 0 Å². The smallest absolute Gasteiger partial charge is 0.393 e. The highest BCUT2D eigenvalue weighted by molar-refractivity contribution is 5.43. The first-order valence-corrected chi connectivity index (χ1v) is 4.89. The van der Waals surface area contributed by atoms with Crippen LogP contribution in [0.5, 0.6) is 0 Å². The van der Waals surface area contributed by atoms with Gasteiger partial charge in [-0.1, -0.05) is 6.07 Å². The molecular weight excluding hydrogens is 231 g/mol. The van der Waals surface area contributed by atoms with Crippen molar-refractivity contribution >= 4 is 0 Å². The molecule has 0 aliphatic carbocycles. The van der Waals surface area contributed by atoms with Crippen molar-refractivity contribution in [2.24, 2.45) is 0 Å². The van der Waals surface area contributed by atoms with Gasteiger partial charge in [0.25, 0.3) is 0 Å². The number of aliphatic hydroxyl groups excluding tert-OH is 1. The monoisotopic (exact) mass is 242 g/mol. The summed E-state index contributed by atoms with van der Waals surface area (Å²) < 4.78 is 37.9. The molecule has 2 unspecified atom stereocenters. The van der Waals surface area contributed by atoms with Gasteiger partial charge in [-0.05, 0) is 31.5 Å². The summed E-state index contributed by atoms with van der Waals surface area (Å²) in [4.78, 5) is 0. The van der Waals surface area contributed by atoms with Crippen LogP contribution in [0.2, 0.25) is 0 Å². The first kappa shape index (κ1) is 13.5. The van der Waals surface area contributed by atoms with Crippen molar-refractivity contribution in [1.82, 2.24) is 0 Å². The number of hydrogen-bond acceptors (Lipinski definition) is 2. The Morgan fingerprint density at radius 1 is 1.41 bits per heavy atom. The molecule has 1 N–H and O–H groups in total. The van der Waals surface area contributed by atoms with Crippen molar-refractivity contribution in [3.8, 4) is 6.07 Å². The Morgan fingerprint density at radius 2 is 2.00 bits per heavy atom. The fourth-order valence-electron chi connectivity index (χ4n) is 1.40. The van der Waals surface area contributed by atoms with E-state index in [4.69, 9.17) is 5.26 Å². The van der Waals surface area contributed by atoms with Crippen LogP contribution in [0.25, 0.3) is 0 Å². The molecule has 0 amide bonds. The van der Waals surface area contributed by atoms with Crippen molar-refractivity contribution in [1.29, 1.82) is 5.26 Å². The Kier molecular flexibility index (Phi) is 3.79. The van der Waals surface area contributed by atoms with Crippen LogP contribution >= 0.6 is 0 Å².